The molecule has 2 rings (SSSR count). The minimum Gasteiger partial charge on any atom is -0.481 e. The molecule has 0 spiro atoms. The highest BCUT2D eigenvalue weighted by Crippen LogP contribution is 2.42. The molecule has 1 amide bonds. The summed E-state index contributed by atoms with van der Waals surface area (Å²) < 4.78 is 21.7. The predicted octanol–water partition coefficient (Wildman–Crippen LogP) is -2.09. The number of amides is 1. The second kappa shape index (κ2) is 7.97. The van der Waals surface area contributed by atoms with Gasteiger partial charge in [0, 0.05) is 0 Å². The van der Waals surface area contributed by atoms with Crippen LogP contribution in [0.25, 0.3) is 0 Å². The molecular weight excluding hydrogens is 371 g/mol. The van der Waals surface area contributed by atoms with Gasteiger partial charge in [0.25, 0.3) is 0 Å². The van der Waals surface area contributed by atoms with Crippen LogP contribution in [-0.4, -0.2) is 75.4 Å². The van der Waals surface area contributed by atoms with Crippen molar-refractivity contribution in [1.82, 2.24) is 5.32 Å². The minimum atomic E-state index is -4.43. The van der Waals surface area contributed by atoms with Crippen LogP contribution in [-0.2, 0) is 23.4 Å². The van der Waals surface area contributed by atoms with Gasteiger partial charge in [-0.3, -0.25) is 14.2 Å². The molecule has 0 aliphatic carbocycles. The van der Waals surface area contributed by atoms with Crippen LogP contribution >= 0.6 is 7.60 Å². The number of aliphatic carboxylic acids is 1. The van der Waals surface area contributed by atoms with Gasteiger partial charge in [0.1, 0.15) is 36.7 Å². The molecule has 1 fully saturated rings. The summed E-state index contributed by atoms with van der Waals surface area (Å²) in [5.41, 5.74) is 6.22. The molecule has 1 unspecified atom stereocenters. The number of hydrogen-bond donors (Lipinski definition) is 6. The third-order valence-corrected chi connectivity index (χ3v) is 5.32. The number of carbonyl (C=O) groups is 2. The van der Waals surface area contributed by atoms with Crippen LogP contribution in [0.4, 0.5) is 0 Å². The van der Waals surface area contributed by atoms with Gasteiger partial charge in [0.2, 0.25) is 5.91 Å². The third kappa shape index (κ3) is 4.57. The molecule has 2 aliphatic rings. The van der Waals surface area contributed by atoms with E-state index in [0.29, 0.717) is 5.57 Å². The Balaban J connectivity index is 2.08. The zero-order valence-corrected chi connectivity index (χ0v) is 14.5. The van der Waals surface area contributed by atoms with E-state index in [2.05, 4.69) is 16.4 Å². The highest BCUT2D eigenvalue weighted by atomic mass is 31.2. The second-order valence-electron chi connectivity index (χ2n) is 5.99. The summed E-state index contributed by atoms with van der Waals surface area (Å²) in [6, 6.07) is 0. The molecule has 0 aromatic carbocycles. The Kier molecular flexibility index (Phi) is 6.35. The molecule has 7 atom stereocenters. The van der Waals surface area contributed by atoms with Crippen molar-refractivity contribution in [1.29, 1.82) is 0 Å². The van der Waals surface area contributed by atoms with Crippen molar-refractivity contribution >= 4 is 19.5 Å². The van der Waals surface area contributed by atoms with E-state index in [0.717, 1.165) is 0 Å². The molecular formula is C14H21N2O9P. The van der Waals surface area contributed by atoms with Crippen molar-refractivity contribution in [3.63, 3.8) is 0 Å². The molecule has 146 valence electrons. The smallest absolute Gasteiger partial charge is 0.339 e. The third-order valence-electron chi connectivity index (χ3n) is 4.10. The lowest BCUT2D eigenvalue weighted by molar-refractivity contribution is -0.134. The van der Waals surface area contributed by atoms with Crippen molar-refractivity contribution in [3.05, 3.63) is 24.3 Å². The van der Waals surface area contributed by atoms with Gasteiger partial charge in [-0.25, -0.2) is 0 Å². The van der Waals surface area contributed by atoms with E-state index in [1.54, 1.807) is 0 Å². The standard InChI is InChI=1S/C14H21N2O9P/c1-2-6-3-7(14(21)16-13(6)15)12-11(20)10(19)8(25-12)4-24-26(22,23)5-9(17)18/h2-3,7-8,10-13,19-20H,1,4-5,15H2,(H,16,21)(H,17,18)(H,22,23)/t7-,8+,10+,11-,12-,13-/m0/s1. The Morgan fingerprint density at radius 2 is 2.12 bits per heavy atom. The van der Waals surface area contributed by atoms with Crippen LogP contribution in [0.5, 0.6) is 0 Å². The monoisotopic (exact) mass is 392 g/mol. The van der Waals surface area contributed by atoms with E-state index < -0.39 is 68.7 Å². The van der Waals surface area contributed by atoms with Crippen molar-refractivity contribution in [2.75, 3.05) is 12.8 Å². The Hall–Kier alpha value is -1.59. The molecule has 26 heavy (non-hydrogen) atoms. The number of carbonyl (C=O) groups excluding carboxylic acids is 1. The number of nitrogens with two attached hydrogens (primary N) is 1. The van der Waals surface area contributed by atoms with E-state index in [1.165, 1.54) is 12.2 Å². The Labute approximate surface area is 148 Å². The lowest BCUT2D eigenvalue weighted by atomic mass is 9.90. The van der Waals surface area contributed by atoms with Crippen LogP contribution in [0.15, 0.2) is 24.3 Å². The van der Waals surface area contributed by atoms with Gasteiger partial charge in [-0.1, -0.05) is 18.7 Å². The fourth-order valence-corrected chi connectivity index (χ4v) is 3.59. The van der Waals surface area contributed by atoms with Crippen LogP contribution in [0.1, 0.15) is 0 Å². The molecule has 0 aromatic rings. The van der Waals surface area contributed by atoms with Crippen LogP contribution < -0.4 is 11.1 Å². The average molecular weight is 392 g/mol. The number of rotatable bonds is 7. The first-order valence-electron chi connectivity index (χ1n) is 7.65. The summed E-state index contributed by atoms with van der Waals surface area (Å²) in [7, 11) is -4.43. The zero-order chi connectivity index (χ0) is 19.6. The number of ether oxygens (including phenoxy) is 1. The number of aliphatic hydroxyl groups excluding tert-OH is 2. The first-order chi connectivity index (χ1) is 12.1. The normalized spacial score (nSPS) is 36.8. The molecule has 0 aromatic heterocycles. The summed E-state index contributed by atoms with van der Waals surface area (Å²) in [4.78, 5) is 32.0. The number of nitrogens with one attached hydrogen (secondary N) is 1. The van der Waals surface area contributed by atoms with Crippen LogP contribution in [0.3, 0.4) is 0 Å². The van der Waals surface area contributed by atoms with Gasteiger partial charge in [0.05, 0.1) is 12.5 Å². The predicted molar refractivity (Wildman–Crippen MR) is 86.8 cm³/mol. The SMILES string of the molecule is C=CC1=C[C@@H]([C@@H]2O[C@H](COP(=O)(O)CC(=O)O)[C@@H](O)[C@@H]2O)C(=O)N[C@@H]1N. The van der Waals surface area contributed by atoms with Gasteiger partial charge >= 0.3 is 13.6 Å². The number of carboxylic acid groups (broad SMARTS) is 1. The van der Waals surface area contributed by atoms with Gasteiger partial charge in [-0.05, 0) is 5.57 Å². The molecule has 12 heteroatoms. The average Bonchev–Trinajstić information content (AvgIpc) is 2.80. The van der Waals surface area contributed by atoms with Gasteiger partial charge < -0.3 is 40.5 Å². The van der Waals surface area contributed by atoms with Gasteiger partial charge in [-0.15, -0.1) is 0 Å². The number of aliphatic hydroxyl groups is 2. The lowest BCUT2D eigenvalue weighted by Crippen LogP contribution is -2.52. The molecule has 1 saturated heterocycles. The first-order valence-corrected chi connectivity index (χ1v) is 9.42. The Bertz CT molecular complexity index is 667. The fourth-order valence-electron chi connectivity index (χ4n) is 2.78. The molecule has 7 N–H and O–H groups in total. The van der Waals surface area contributed by atoms with E-state index in [-0.39, 0.29) is 0 Å². The largest absolute Gasteiger partial charge is 0.481 e. The molecule has 2 heterocycles. The number of hydrogen-bond acceptors (Lipinski definition) is 8. The van der Waals surface area contributed by atoms with Crippen LogP contribution in [0, 0.1) is 5.92 Å². The molecule has 0 bridgehead atoms. The quantitative estimate of drug-likeness (QED) is 0.262. The summed E-state index contributed by atoms with van der Waals surface area (Å²) in [6.45, 7) is 2.93. The maximum absolute atomic E-state index is 12.1. The van der Waals surface area contributed by atoms with E-state index in [9.17, 15) is 29.3 Å². The lowest BCUT2D eigenvalue weighted by Gasteiger charge is -2.30. The summed E-state index contributed by atoms with van der Waals surface area (Å²) in [5, 5.41) is 31.3. The van der Waals surface area contributed by atoms with Crippen LogP contribution in [0.2, 0.25) is 0 Å². The highest BCUT2D eigenvalue weighted by Gasteiger charge is 2.49. The molecule has 2 aliphatic heterocycles. The fraction of sp³-hybridized carbons (Fsp3) is 0.571. The maximum atomic E-state index is 12.1. The Morgan fingerprint density at radius 3 is 2.69 bits per heavy atom. The summed E-state index contributed by atoms with van der Waals surface area (Å²) in [6.07, 6.45) is -4.34. The minimum absolute atomic E-state index is 0.501. The molecule has 0 saturated carbocycles. The van der Waals surface area contributed by atoms with Crippen molar-refractivity contribution < 1.29 is 43.6 Å². The Morgan fingerprint density at radius 1 is 1.46 bits per heavy atom. The van der Waals surface area contributed by atoms with Gasteiger partial charge in [-0.2, -0.15) is 0 Å². The topological polar surface area (TPSA) is 189 Å². The second-order valence-corrected chi connectivity index (χ2v) is 7.84. The number of carboxylic acids is 1. The highest BCUT2D eigenvalue weighted by molar-refractivity contribution is 7.53. The molecule has 0 radical (unpaired) electrons. The summed E-state index contributed by atoms with van der Waals surface area (Å²) in [5.74, 6) is -3.03. The van der Waals surface area contributed by atoms with Gasteiger partial charge in [0.15, 0.2) is 0 Å². The van der Waals surface area contributed by atoms with Crippen molar-refractivity contribution in [2.45, 2.75) is 30.6 Å². The van der Waals surface area contributed by atoms with E-state index >= 15 is 0 Å². The van der Waals surface area contributed by atoms with E-state index in [1.807, 2.05) is 0 Å². The van der Waals surface area contributed by atoms with Crippen molar-refractivity contribution in [3.8, 4) is 0 Å². The zero-order valence-electron chi connectivity index (χ0n) is 13.6. The maximum Gasteiger partial charge on any atom is 0.339 e. The van der Waals surface area contributed by atoms with E-state index in [4.69, 9.17) is 15.6 Å². The van der Waals surface area contributed by atoms with Crippen molar-refractivity contribution in [2.24, 2.45) is 11.7 Å². The molecule has 11 nitrogen and oxygen atoms in total. The summed E-state index contributed by atoms with van der Waals surface area (Å²) >= 11 is 0. The first kappa shape index (κ1) is 20.7.